The molecule has 0 N–H and O–H groups in total. The summed E-state index contributed by atoms with van der Waals surface area (Å²) in [5, 5.41) is 0. The molecule has 0 aliphatic heterocycles. The highest BCUT2D eigenvalue weighted by Crippen LogP contribution is 2.42. The summed E-state index contributed by atoms with van der Waals surface area (Å²) in [5.41, 5.74) is 2.42. The van der Waals surface area contributed by atoms with Gasteiger partial charge in [-0.3, -0.25) is 0 Å². The maximum atomic E-state index is 10.6. The van der Waals surface area contributed by atoms with Crippen molar-refractivity contribution in [1.82, 2.24) is 0 Å². The normalized spacial score (nSPS) is 12.3. The largest absolute Gasteiger partial charge is 0.423 e. The minimum absolute atomic E-state index is 0.0325. The highest BCUT2D eigenvalue weighted by Gasteiger charge is 2.31. The predicted octanol–water partition coefficient (Wildman–Crippen LogP) is 4.51. The Hall–Kier alpha value is -1.31. The minimum atomic E-state index is -0.0325. The maximum absolute atomic E-state index is 10.6. The zero-order valence-electron chi connectivity index (χ0n) is 13.0. The van der Waals surface area contributed by atoms with Gasteiger partial charge in [-0.1, -0.05) is 53.7 Å². The smallest absolute Gasteiger partial charge is 0.418 e. The van der Waals surface area contributed by atoms with Crippen molar-refractivity contribution in [3.8, 4) is 5.75 Å². The van der Waals surface area contributed by atoms with Gasteiger partial charge in [-0.2, -0.15) is 0 Å². The molecule has 0 fully saturated rings. The van der Waals surface area contributed by atoms with Crippen molar-refractivity contribution < 1.29 is 9.53 Å². The Labute approximate surface area is 117 Å². The Morgan fingerprint density at radius 3 is 2.11 bits per heavy atom. The van der Waals surface area contributed by atoms with E-state index in [1.165, 1.54) is 5.56 Å². The summed E-state index contributed by atoms with van der Waals surface area (Å²) in [4.78, 5) is 10.6. The molecule has 0 spiro atoms. The summed E-state index contributed by atoms with van der Waals surface area (Å²) >= 11 is 0. The van der Waals surface area contributed by atoms with Crippen LogP contribution >= 0.6 is 0 Å². The predicted molar refractivity (Wildman–Crippen MR) is 79.4 cm³/mol. The molecule has 0 saturated heterocycles. The lowest BCUT2D eigenvalue weighted by Gasteiger charge is -2.34. The molecule has 0 bridgehead atoms. The summed E-state index contributed by atoms with van der Waals surface area (Å²) < 4.78 is 5.10. The number of hydrogen-bond acceptors (Lipinski definition) is 2. The van der Waals surface area contributed by atoms with Gasteiger partial charge >= 0.3 is 6.47 Å². The number of benzene rings is 1. The van der Waals surface area contributed by atoms with Crippen LogP contribution in [0.2, 0.25) is 0 Å². The van der Waals surface area contributed by atoms with Crippen LogP contribution in [0.15, 0.2) is 18.2 Å². The van der Waals surface area contributed by atoms with Gasteiger partial charge in [-0.15, -0.1) is 0 Å². The van der Waals surface area contributed by atoms with Crippen LogP contribution in [0.3, 0.4) is 0 Å². The zero-order chi connectivity index (χ0) is 14.7. The van der Waals surface area contributed by atoms with Crippen LogP contribution in [0.4, 0.5) is 0 Å². The van der Waals surface area contributed by atoms with E-state index in [9.17, 15) is 4.79 Å². The first-order chi connectivity index (χ1) is 8.80. The van der Waals surface area contributed by atoms with Crippen molar-refractivity contribution >= 4 is 6.47 Å². The zero-order valence-corrected chi connectivity index (χ0v) is 13.0. The van der Waals surface area contributed by atoms with Crippen LogP contribution in [-0.4, -0.2) is 6.47 Å². The standard InChI is InChI=1S/C17H25O2/c1-7-16(3,4)13-10-9-11-14(19-12-18)15(13)17(5,6)8-2/h9-11H,7-8H2,1-6H3. The van der Waals surface area contributed by atoms with E-state index in [4.69, 9.17) is 4.74 Å². The molecule has 0 atom stereocenters. The monoisotopic (exact) mass is 261 g/mol. The molecule has 0 aliphatic carbocycles. The topological polar surface area (TPSA) is 26.3 Å². The van der Waals surface area contributed by atoms with Gasteiger partial charge in [-0.25, -0.2) is 4.79 Å². The number of rotatable bonds is 6. The van der Waals surface area contributed by atoms with Gasteiger partial charge in [0.05, 0.1) is 0 Å². The summed E-state index contributed by atoms with van der Waals surface area (Å²) in [6, 6.07) is 5.95. The second-order valence-electron chi connectivity index (χ2n) is 6.34. The van der Waals surface area contributed by atoms with E-state index in [0.717, 1.165) is 18.4 Å². The van der Waals surface area contributed by atoms with Gasteiger partial charge in [0.1, 0.15) is 5.75 Å². The van der Waals surface area contributed by atoms with Crippen LogP contribution in [0.1, 0.15) is 65.5 Å². The van der Waals surface area contributed by atoms with Crippen molar-refractivity contribution in [2.75, 3.05) is 0 Å². The fourth-order valence-electron chi connectivity index (χ4n) is 2.29. The van der Waals surface area contributed by atoms with Gasteiger partial charge in [-0.05, 0) is 35.3 Å². The Balaban J connectivity index is 3.56. The SMILES string of the molecule is CCC(C)(C)c1cccc(O[C]=O)c1C(C)(C)CC. The summed E-state index contributed by atoms with van der Waals surface area (Å²) in [7, 11) is 0. The van der Waals surface area contributed by atoms with E-state index in [2.05, 4.69) is 47.6 Å². The van der Waals surface area contributed by atoms with Gasteiger partial charge in [0.2, 0.25) is 0 Å². The molecule has 0 saturated carbocycles. The lowest BCUT2D eigenvalue weighted by Crippen LogP contribution is -2.26. The maximum Gasteiger partial charge on any atom is 0.423 e. The fourth-order valence-corrected chi connectivity index (χ4v) is 2.29. The lowest BCUT2D eigenvalue weighted by molar-refractivity contribution is 0.409. The van der Waals surface area contributed by atoms with E-state index in [1.807, 2.05) is 12.1 Å². The number of carbonyl (C=O) groups excluding carboxylic acids is 1. The van der Waals surface area contributed by atoms with Crippen LogP contribution in [-0.2, 0) is 15.6 Å². The summed E-state index contributed by atoms with van der Waals surface area (Å²) in [6.07, 6.45) is 2.02. The third kappa shape index (κ3) is 3.17. The molecule has 2 nitrogen and oxygen atoms in total. The number of ether oxygens (including phenoxy) is 1. The van der Waals surface area contributed by atoms with Gasteiger partial charge in [0.15, 0.2) is 0 Å². The molecule has 2 heteroatoms. The Bertz CT molecular complexity index is 445. The highest BCUT2D eigenvalue weighted by molar-refractivity contribution is 5.54. The molecule has 1 radical (unpaired) electrons. The first kappa shape index (κ1) is 15.7. The molecule has 1 aromatic rings. The summed E-state index contributed by atoms with van der Waals surface area (Å²) in [6.45, 7) is 14.7. The molecular formula is C17H25O2. The van der Waals surface area contributed by atoms with E-state index in [1.54, 1.807) is 6.47 Å². The van der Waals surface area contributed by atoms with E-state index >= 15 is 0 Å². The molecular weight excluding hydrogens is 236 g/mol. The van der Waals surface area contributed by atoms with Crippen molar-refractivity contribution in [3.63, 3.8) is 0 Å². The second-order valence-corrected chi connectivity index (χ2v) is 6.34. The first-order valence-corrected chi connectivity index (χ1v) is 6.98. The Morgan fingerprint density at radius 1 is 1.05 bits per heavy atom. The average molecular weight is 261 g/mol. The molecule has 0 aliphatic rings. The first-order valence-electron chi connectivity index (χ1n) is 6.98. The van der Waals surface area contributed by atoms with Crippen molar-refractivity contribution in [2.24, 2.45) is 0 Å². The van der Waals surface area contributed by atoms with Crippen molar-refractivity contribution in [3.05, 3.63) is 29.3 Å². The second kappa shape index (κ2) is 5.77. The van der Waals surface area contributed by atoms with Crippen LogP contribution in [0.25, 0.3) is 0 Å². The molecule has 19 heavy (non-hydrogen) atoms. The highest BCUT2D eigenvalue weighted by atomic mass is 16.5. The molecule has 0 amide bonds. The van der Waals surface area contributed by atoms with Crippen molar-refractivity contribution in [1.29, 1.82) is 0 Å². The Kier molecular flexibility index (Phi) is 4.78. The van der Waals surface area contributed by atoms with E-state index in [0.29, 0.717) is 5.75 Å². The fraction of sp³-hybridized carbons (Fsp3) is 0.588. The van der Waals surface area contributed by atoms with E-state index in [-0.39, 0.29) is 10.8 Å². The lowest BCUT2D eigenvalue weighted by atomic mass is 9.71. The molecule has 0 unspecified atom stereocenters. The van der Waals surface area contributed by atoms with Crippen LogP contribution < -0.4 is 4.74 Å². The van der Waals surface area contributed by atoms with Crippen LogP contribution in [0.5, 0.6) is 5.75 Å². The minimum Gasteiger partial charge on any atom is -0.418 e. The average Bonchev–Trinajstić information content (AvgIpc) is 2.38. The molecule has 0 aromatic heterocycles. The van der Waals surface area contributed by atoms with E-state index < -0.39 is 0 Å². The van der Waals surface area contributed by atoms with Gasteiger partial charge in [0.25, 0.3) is 0 Å². The Morgan fingerprint density at radius 2 is 1.63 bits per heavy atom. The van der Waals surface area contributed by atoms with Crippen molar-refractivity contribution in [2.45, 2.75) is 65.2 Å². The van der Waals surface area contributed by atoms with Gasteiger partial charge in [0, 0.05) is 5.56 Å². The van der Waals surface area contributed by atoms with Gasteiger partial charge < -0.3 is 4.74 Å². The van der Waals surface area contributed by atoms with Crippen LogP contribution in [0, 0.1) is 0 Å². The quantitative estimate of drug-likeness (QED) is 0.753. The molecule has 105 valence electrons. The molecule has 1 rings (SSSR count). The number of hydrogen-bond donors (Lipinski definition) is 0. The summed E-state index contributed by atoms with van der Waals surface area (Å²) in [5.74, 6) is 0.640. The third-order valence-electron chi connectivity index (χ3n) is 4.35. The molecule has 0 heterocycles. The molecule has 1 aromatic carbocycles. The third-order valence-corrected chi connectivity index (χ3v) is 4.35.